The Morgan fingerprint density at radius 3 is 2.79 bits per heavy atom. The van der Waals surface area contributed by atoms with Gasteiger partial charge in [-0.05, 0) is 13.0 Å². The van der Waals surface area contributed by atoms with Crippen molar-refractivity contribution in [2.75, 3.05) is 26.3 Å². The van der Waals surface area contributed by atoms with Crippen molar-refractivity contribution < 1.29 is 18.3 Å². The molecule has 0 atom stereocenters. The van der Waals surface area contributed by atoms with Crippen LogP contribution in [-0.2, 0) is 9.53 Å². The SMILES string of the molecule is NCCCC(=O)NCCOCC(F)F. The Morgan fingerprint density at radius 1 is 1.50 bits per heavy atom. The highest BCUT2D eigenvalue weighted by Crippen LogP contribution is 1.91. The maximum absolute atomic E-state index is 11.6. The summed E-state index contributed by atoms with van der Waals surface area (Å²) in [7, 11) is 0. The molecule has 0 rings (SSSR count). The molecule has 0 aromatic heterocycles. The van der Waals surface area contributed by atoms with Crippen LogP contribution in [-0.4, -0.2) is 38.6 Å². The Kier molecular flexibility index (Phi) is 8.36. The first-order valence-electron chi connectivity index (χ1n) is 4.49. The molecule has 0 unspecified atom stereocenters. The number of hydrogen-bond acceptors (Lipinski definition) is 3. The second kappa shape index (κ2) is 8.83. The van der Waals surface area contributed by atoms with E-state index in [0.717, 1.165) is 0 Å². The summed E-state index contributed by atoms with van der Waals surface area (Å²) in [6.45, 7) is 0.253. The van der Waals surface area contributed by atoms with Crippen LogP contribution in [0.1, 0.15) is 12.8 Å². The summed E-state index contributed by atoms with van der Waals surface area (Å²) in [5.74, 6) is -0.129. The van der Waals surface area contributed by atoms with Crippen molar-refractivity contribution in [2.45, 2.75) is 19.3 Å². The molecule has 0 spiro atoms. The lowest BCUT2D eigenvalue weighted by atomic mass is 10.3. The van der Waals surface area contributed by atoms with Gasteiger partial charge in [0.2, 0.25) is 5.91 Å². The Morgan fingerprint density at radius 2 is 2.21 bits per heavy atom. The molecule has 0 aromatic carbocycles. The van der Waals surface area contributed by atoms with E-state index in [9.17, 15) is 13.6 Å². The first-order chi connectivity index (χ1) is 6.66. The van der Waals surface area contributed by atoms with Gasteiger partial charge in [0.15, 0.2) is 0 Å². The summed E-state index contributed by atoms with van der Waals surface area (Å²) in [5, 5.41) is 2.53. The zero-order chi connectivity index (χ0) is 10.8. The topological polar surface area (TPSA) is 64.4 Å². The van der Waals surface area contributed by atoms with Crippen LogP contribution in [0.2, 0.25) is 0 Å². The van der Waals surface area contributed by atoms with E-state index in [1.807, 2.05) is 0 Å². The van der Waals surface area contributed by atoms with Gasteiger partial charge in [-0.2, -0.15) is 0 Å². The lowest BCUT2D eigenvalue weighted by molar-refractivity contribution is -0.121. The second-order valence-corrected chi connectivity index (χ2v) is 2.71. The highest BCUT2D eigenvalue weighted by Gasteiger charge is 2.02. The summed E-state index contributed by atoms with van der Waals surface area (Å²) < 4.78 is 27.7. The van der Waals surface area contributed by atoms with Gasteiger partial charge in [0, 0.05) is 13.0 Å². The molecule has 84 valence electrons. The molecule has 0 aliphatic carbocycles. The quantitative estimate of drug-likeness (QED) is 0.559. The van der Waals surface area contributed by atoms with Gasteiger partial charge < -0.3 is 15.8 Å². The van der Waals surface area contributed by atoms with Crippen molar-refractivity contribution in [1.29, 1.82) is 0 Å². The number of nitrogens with two attached hydrogens (primary N) is 1. The van der Waals surface area contributed by atoms with Crippen LogP contribution in [0, 0.1) is 0 Å². The van der Waals surface area contributed by atoms with Crippen LogP contribution in [0.15, 0.2) is 0 Å². The van der Waals surface area contributed by atoms with E-state index in [2.05, 4.69) is 10.1 Å². The normalized spacial score (nSPS) is 10.6. The van der Waals surface area contributed by atoms with Gasteiger partial charge in [-0.25, -0.2) is 8.78 Å². The molecule has 14 heavy (non-hydrogen) atoms. The maximum Gasteiger partial charge on any atom is 0.261 e. The molecule has 6 heteroatoms. The first kappa shape index (κ1) is 13.2. The molecular formula is C8H16F2N2O2. The van der Waals surface area contributed by atoms with Crippen molar-refractivity contribution in [3.63, 3.8) is 0 Å². The van der Waals surface area contributed by atoms with Gasteiger partial charge in [0.1, 0.15) is 6.61 Å². The van der Waals surface area contributed by atoms with Gasteiger partial charge in [-0.3, -0.25) is 4.79 Å². The van der Waals surface area contributed by atoms with Crippen molar-refractivity contribution in [3.05, 3.63) is 0 Å². The van der Waals surface area contributed by atoms with Gasteiger partial charge in [0.25, 0.3) is 6.43 Å². The van der Waals surface area contributed by atoms with Crippen LogP contribution < -0.4 is 11.1 Å². The van der Waals surface area contributed by atoms with Gasteiger partial charge in [-0.1, -0.05) is 0 Å². The van der Waals surface area contributed by atoms with E-state index in [0.29, 0.717) is 19.4 Å². The van der Waals surface area contributed by atoms with Gasteiger partial charge >= 0.3 is 0 Å². The van der Waals surface area contributed by atoms with Crippen LogP contribution >= 0.6 is 0 Å². The third-order valence-electron chi connectivity index (χ3n) is 1.42. The second-order valence-electron chi connectivity index (χ2n) is 2.71. The number of carbonyl (C=O) groups excluding carboxylic acids is 1. The number of carbonyl (C=O) groups is 1. The predicted molar refractivity (Wildman–Crippen MR) is 48.1 cm³/mol. The minimum absolute atomic E-state index is 0.110. The lowest BCUT2D eigenvalue weighted by Crippen LogP contribution is -2.28. The summed E-state index contributed by atoms with van der Waals surface area (Å²) in [6.07, 6.45) is -1.46. The van der Waals surface area contributed by atoms with Crippen molar-refractivity contribution in [2.24, 2.45) is 5.73 Å². The van der Waals surface area contributed by atoms with Crippen LogP contribution in [0.4, 0.5) is 8.78 Å². The summed E-state index contributed by atoms with van der Waals surface area (Å²) >= 11 is 0. The average molecular weight is 210 g/mol. The first-order valence-corrected chi connectivity index (χ1v) is 4.49. The molecule has 0 saturated heterocycles. The third kappa shape index (κ3) is 9.34. The molecule has 0 heterocycles. The van der Waals surface area contributed by atoms with E-state index >= 15 is 0 Å². The number of amides is 1. The number of ether oxygens (including phenoxy) is 1. The fourth-order valence-electron chi connectivity index (χ4n) is 0.786. The molecule has 0 fully saturated rings. The Labute approximate surface area is 81.8 Å². The molecule has 0 aliphatic rings. The number of hydrogen-bond donors (Lipinski definition) is 2. The lowest BCUT2D eigenvalue weighted by Gasteiger charge is -2.05. The van der Waals surface area contributed by atoms with Crippen LogP contribution in [0.3, 0.4) is 0 Å². The highest BCUT2D eigenvalue weighted by atomic mass is 19.3. The van der Waals surface area contributed by atoms with Gasteiger partial charge in [0.05, 0.1) is 6.61 Å². The van der Waals surface area contributed by atoms with Crippen molar-refractivity contribution in [3.8, 4) is 0 Å². The number of rotatable bonds is 8. The number of nitrogens with one attached hydrogen (secondary N) is 1. The van der Waals surface area contributed by atoms with E-state index in [1.54, 1.807) is 0 Å². The fourth-order valence-corrected chi connectivity index (χ4v) is 0.786. The largest absolute Gasteiger partial charge is 0.374 e. The fraction of sp³-hybridized carbons (Fsp3) is 0.875. The van der Waals surface area contributed by atoms with E-state index in [-0.39, 0.29) is 19.1 Å². The molecule has 0 radical (unpaired) electrons. The smallest absolute Gasteiger partial charge is 0.261 e. The monoisotopic (exact) mass is 210 g/mol. The molecule has 0 saturated carbocycles. The molecule has 3 N–H and O–H groups in total. The van der Waals surface area contributed by atoms with E-state index in [4.69, 9.17) is 5.73 Å². The maximum atomic E-state index is 11.6. The molecule has 4 nitrogen and oxygen atoms in total. The summed E-state index contributed by atoms with van der Waals surface area (Å²) in [4.78, 5) is 10.9. The van der Waals surface area contributed by atoms with Gasteiger partial charge in [-0.15, -0.1) is 0 Å². The van der Waals surface area contributed by atoms with Crippen LogP contribution in [0.25, 0.3) is 0 Å². The van der Waals surface area contributed by atoms with Crippen molar-refractivity contribution in [1.82, 2.24) is 5.32 Å². The standard InChI is InChI=1S/C8H16F2N2O2/c9-7(10)6-14-5-4-12-8(13)2-1-3-11/h7H,1-6,11H2,(H,12,13). The zero-order valence-electron chi connectivity index (χ0n) is 7.97. The Bertz CT molecular complexity index is 156. The van der Waals surface area contributed by atoms with E-state index in [1.165, 1.54) is 0 Å². The average Bonchev–Trinajstić information content (AvgIpc) is 2.13. The van der Waals surface area contributed by atoms with Crippen molar-refractivity contribution >= 4 is 5.91 Å². The molecule has 0 aliphatic heterocycles. The molecule has 1 amide bonds. The summed E-state index contributed by atoms with van der Waals surface area (Å²) in [5.41, 5.74) is 5.20. The number of alkyl halides is 2. The highest BCUT2D eigenvalue weighted by molar-refractivity contribution is 5.75. The summed E-state index contributed by atoms with van der Waals surface area (Å²) in [6, 6.07) is 0. The Hall–Kier alpha value is -0.750. The minimum atomic E-state index is -2.46. The van der Waals surface area contributed by atoms with Crippen LogP contribution in [0.5, 0.6) is 0 Å². The Balaban J connectivity index is 3.15. The molecule has 0 aromatic rings. The molecule has 0 bridgehead atoms. The predicted octanol–water partition coefficient (Wildman–Crippen LogP) is 0.123. The number of halogens is 2. The molecular weight excluding hydrogens is 194 g/mol. The van der Waals surface area contributed by atoms with E-state index < -0.39 is 13.0 Å². The third-order valence-corrected chi connectivity index (χ3v) is 1.42. The minimum Gasteiger partial charge on any atom is -0.374 e. The zero-order valence-corrected chi connectivity index (χ0v) is 7.97.